The van der Waals surface area contributed by atoms with Gasteiger partial charge in [-0.1, -0.05) is 6.92 Å². The van der Waals surface area contributed by atoms with Gasteiger partial charge in [0.15, 0.2) is 0 Å². The molecule has 1 aliphatic heterocycles. The molecule has 2 rings (SSSR count). The van der Waals surface area contributed by atoms with Gasteiger partial charge in [0.1, 0.15) is 10.6 Å². The molecular formula is C16H26N2O5S2. The third-order valence-electron chi connectivity index (χ3n) is 4.12. The van der Waals surface area contributed by atoms with Gasteiger partial charge in [-0.15, -0.1) is 0 Å². The molecule has 1 fully saturated rings. The Morgan fingerprint density at radius 1 is 1.28 bits per heavy atom. The highest BCUT2D eigenvalue weighted by Crippen LogP contribution is 2.32. The van der Waals surface area contributed by atoms with Crippen LogP contribution in [-0.2, 0) is 20.0 Å². The molecule has 0 spiro atoms. The van der Waals surface area contributed by atoms with E-state index >= 15 is 0 Å². The molecule has 1 atom stereocenters. The molecule has 0 bridgehead atoms. The summed E-state index contributed by atoms with van der Waals surface area (Å²) in [5, 5.41) is 0. The van der Waals surface area contributed by atoms with E-state index in [2.05, 4.69) is 4.72 Å². The van der Waals surface area contributed by atoms with Crippen LogP contribution in [0.25, 0.3) is 0 Å². The van der Waals surface area contributed by atoms with E-state index in [0.29, 0.717) is 31.7 Å². The maximum atomic E-state index is 12.7. The summed E-state index contributed by atoms with van der Waals surface area (Å²) >= 11 is 0. The van der Waals surface area contributed by atoms with Gasteiger partial charge in [-0.2, -0.15) is 0 Å². The standard InChI is InChI=1S/C16H26N2O5S2/c1-4-13(3)17-25(21,22)16-12-14(8-9-15(16)23-5-2)18-10-6-7-11-24(18,19)20/h8-9,12-13,17H,4-7,10-11H2,1-3H3. The van der Waals surface area contributed by atoms with Crippen molar-refractivity contribution in [1.29, 1.82) is 0 Å². The van der Waals surface area contributed by atoms with Crippen LogP contribution < -0.4 is 13.8 Å². The molecule has 0 aliphatic carbocycles. The maximum Gasteiger partial charge on any atom is 0.244 e. The maximum absolute atomic E-state index is 12.7. The van der Waals surface area contributed by atoms with Crippen molar-refractivity contribution < 1.29 is 21.6 Å². The lowest BCUT2D eigenvalue weighted by molar-refractivity contribution is 0.331. The van der Waals surface area contributed by atoms with Gasteiger partial charge in [-0.05, 0) is 51.3 Å². The van der Waals surface area contributed by atoms with E-state index < -0.39 is 20.0 Å². The normalized spacial score (nSPS) is 18.8. The summed E-state index contributed by atoms with van der Waals surface area (Å²) in [6.45, 7) is 6.09. The van der Waals surface area contributed by atoms with Crippen molar-refractivity contribution in [2.45, 2.75) is 51.0 Å². The zero-order valence-corrected chi connectivity index (χ0v) is 16.5. The van der Waals surface area contributed by atoms with Crippen molar-refractivity contribution in [3.8, 4) is 5.75 Å². The number of hydrogen-bond donors (Lipinski definition) is 1. The summed E-state index contributed by atoms with van der Waals surface area (Å²) in [7, 11) is -7.23. The quantitative estimate of drug-likeness (QED) is 0.769. The van der Waals surface area contributed by atoms with Crippen LogP contribution in [0.4, 0.5) is 5.69 Å². The van der Waals surface area contributed by atoms with Crippen molar-refractivity contribution in [2.75, 3.05) is 23.2 Å². The molecule has 1 heterocycles. The third-order valence-corrected chi connectivity index (χ3v) is 7.60. The zero-order chi connectivity index (χ0) is 18.7. The first-order chi connectivity index (χ1) is 11.7. The van der Waals surface area contributed by atoms with E-state index in [4.69, 9.17) is 4.74 Å². The number of rotatable bonds is 7. The molecule has 0 saturated carbocycles. The van der Waals surface area contributed by atoms with Crippen LogP contribution in [0.3, 0.4) is 0 Å². The van der Waals surface area contributed by atoms with Gasteiger partial charge in [0.25, 0.3) is 0 Å². The highest BCUT2D eigenvalue weighted by molar-refractivity contribution is 7.92. The highest BCUT2D eigenvalue weighted by Gasteiger charge is 2.29. The molecule has 1 aliphatic rings. The molecular weight excluding hydrogens is 364 g/mol. The summed E-state index contributed by atoms with van der Waals surface area (Å²) in [5.41, 5.74) is 0.354. The Labute approximate surface area is 150 Å². The monoisotopic (exact) mass is 390 g/mol. The molecule has 1 unspecified atom stereocenters. The number of ether oxygens (including phenoxy) is 1. The number of sulfonamides is 2. The topological polar surface area (TPSA) is 92.8 Å². The Kier molecular flexibility index (Phi) is 6.34. The average Bonchev–Trinajstić information content (AvgIpc) is 2.54. The van der Waals surface area contributed by atoms with Crippen LogP contribution >= 0.6 is 0 Å². The first-order valence-electron chi connectivity index (χ1n) is 8.51. The molecule has 1 aromatic rings. The van der Waals surface area contributed by atoms with Crippen molar-refractivity contribution in [3.63, 3.8) is 0 Å². The van der Waals surface area contributed by atoms with Gasteiger partial charge in [0.05, 0.1) is 18.0 Å². The Bertz CT molecular complexity index is 806. The van der Waals surface area contributed by atoms with Crippen LogP contribution in [0.2, 0.25) is 0 Å². The predicted molar refractivity (Wildman–Crippen MR) is 98.1 cm³/mol. The SMILES string of the molecule is CCOc1ccc(N2CCCCS2(=O)=O)cc1S(=O)(=O)NC(C)CC. The van der Waals surface area contributed by atoms with E-state index in [9.17, 15) is 16.8 Å². The number of benzene rings is 1. The minimum Gasteiger partial charge on any atom is -0.492 e. The van der Waals surface area contributed by atoms with Crippen molar-refractivity contribution >= 4 is 25.7 Å². The molecule has 142 valence electrons. The fraction of sp³-hybridized carbons (Fsp3) is 0.625. The van der Waals surface area contributed by atoms with Crippen molar-refractivity contribution in [1.82, 2.24) is 4.72 Å². The minimum absolute atomic E-state index is 0.0343. The van der Waals surface area contributed by atoms with Gasteiger partial charge in [-0.25, -0.2) is 21.6 Å². The largest absolute Gasteiger partial charge is 0.492 e. The second-order valence-corrected chi connectivity index (χ2v) is 9.79. The number of nitrogens with one attached hydrogen (secondary N) is 1. The van der Waals surface area contributed by atoms with Crippen molar-refractivity contribution in [3.05, 3.63) is 18.2 Å². The van der Waals surface area contributed by atoms with E-state index in [-0.39, 0.29) is 22.4 Å². The Morgan fingerprint density at radius 3 is 2.60 bits per heavy atom. The number of nitrogens with zero attached hydrogens (tertiary/aromatic N) is 1. The lowest BCUT2D eigenvalue weighted by Crippen LogP contribution is -2.38. The summed E-state index contributed by atoms with van der Waals surface area (Å²) in [4.78, 5) is -0.0343. The van der Waals surface area contributed by atoms with Gasteiger partial charge in [0, 0.05) is 12.6 Å². The van der Waals surface area contributed by atoms with Crippen LogP contribution in [0, 0.1) is 0 Å². The molecule has 0 radical (unpaired) electrons. The van der Waals surface area contributed by atoms with E-state index in [1.54, 1.807) is 19.9 Å². The molecule has 0 aromatic heterocycles. The van der Waals surface area contributed by atoms with Crippen LogP contribution in [0.1, 0.15) is 40.0 Å². The molecule has 1 aromatic carbocycles. The predicted octanol–water partition coefficient (Wildman–Crippen LogP) is 2.09. The van der Waals surface area contributed by atoms with Gasteiger partial charge in [-0.3, -0.25) is 4.31 Å². The first-order valence-corrected chi connectivity index (χ1v) is 11.6. The van der Waals surface area contributed by atoms with E-state index in [1.807, 2.05) is 6.92 Å². The van der Waals surface area contributed by atoms with E-state index in [1.165, 1.54) is 16.4 Å². The van der Waals surface area contributed by atoms with Crippen LogP contribution in [0.5, 0.6) is 5.75 Å². The molecule has 9 heteroatoms. The van der Waals surface area contributed by atoms with Gasteiger partial charge >= 0.3 is 0 Å². The van der Waals surface area contributed by atoms with Crippen LogP contribution in [-0.4, -0.2) is 41.8 Å². The summed E-state index contributed by atoms with van der Waals surface area (Å²) in [6, 6.07) is 4.27. The molecule has 7 nitrogen and oxygen atoms in total. The molecule has 25 heavy (non-hydrogen) atoms. The average molecular weight is 391 g/mol. The number of hydrogen-bond acceptors (Lipinski definition) is 5. The first kappa shape index (κ1) is 20.0. The lowest BCUT2D eigenvalue weighted by atomic mass is 10.2. The molecule has 1 N–H and O–H groups in total. The fourth-order valence-corrected chi connectivity index (χ4v) is 5.75. The highest BCUT2D eigenvalue weighted by atomic mass is 32.2. The molecule has 0 amide bonds. The van der Waals surface area contributed by atoms with Crippen LogP contribution in [0.15, 0.2) is 23.1 Å². The zero-order valence-electron chi connectivity index (χ0n) is 14.9. The Hall–Kier alpha value is -1.32. The summed E-state index contributed by atoms with van der Waals surface area (Å²) in [5.74, 6) is 0.296. The van der Waals surface area contributed by atoms with Gasteiger partial charge < -0.3 is 4.74 Å². The summed E-state index contributed by atoms with van der Waals surface area (Å²) in [6.07, 6.45) is 2.01. The van der Waals surface area contributed by atoms with Crippen molar-refractivity contribution in [2.24, 2.45) is 0 Å². The lowest BCUT2D eigenvalue weighted by Gasteiger charge is -2.29. The minimum atomic E-state index is -3.82. The Morgan fingerprint density at radius 2 is 2.00 bits per heavy atom. The second kappa shape index (κ2) is 7.92. The fourth-order valence-electron chi connectivity index (χ4n) is 2.63. The second-order valence-electron chi connectivity index (χ2n) is 6.09. The smallest absolute Gasteiger partial charge is 0.244 e. The Balaban J connectivity index is 2.50. The van der Waals surface area contributed by atoms with Gasteiger partial charge in [0.2, 0.25) is 20.0 Å². The summed E-state index contributed by atoms with van der Waals surface area (Å²) < 4.78 is 59.4. The number of anilines is 1. The van der Waals surface area contributed by atoms with E-state index in [0.717, 1.165) is 6.42 Å². The molecule has 1 saturated heterocycles. The third kappa shape index (κ3) is 4.65.